The summed E-state index contributed by atoms with van der Waals surface area (Å²) in [4.78, 5) is 32.5. The first-order valence-electron chi connectivity index (χ1n) is 20.5. The van der Waals surface area contributed by atoms with E-state index in [1.165, 1.54) is 102 Å². The summed E-state index contributed by atoms with van der Waals surface area (Å²) in [5.41, 5.74) is 11.8. The van der Waals surface area contributed by atoms with Gasteiger partial charge in [-0.2, -0.15) is 19.2 Å². The van der Waals surface area contributed by atoms with Crippen LogP contribution < -0.4 is 4.74 Å². The predicted molar refractivity (Wildman–Crippen MR) is 223 cm³/mol. The van der Waals surface area contributed by atoms with E-state index in [4.69, 9.17) is 23.9 Å². The van der Waals surface area contributed by atoms with E-state index in [0.29, 0.717) is 25.0 Å². The summed E-state index contributed by atoms with van der Waals surface area (Å²) >= 11 is 0. The molecule has 3 aliphatic rings. The second-order valence-corrected chi connectivity index (χ2v) is 15.7. The maximum atomic E-state index is 10.6. The summed E-state index contributed by atoms with van der Waals surface area (Å²) in [6, 6.07) is 23.7. The third kappa shape index (κ3) is 9.13. The number of hydrogen-bond donors (Lipinski definition) is 4. The second kappa shape index (κ2) is 19.6. The largest absolute Gasteiger partial charge is 0.508 e. The highest BCUT2D eigenvalue weighted by Crippen LogP contribution is 2.49. The molecule has 0 unspecified atom stereocenters. The van der Waals surface area contributed by atoms with Crippen LogP contribution in [0.4, 0.5) is 0 Å². The third-order valence-electron chi connectivity index (χ3n) is 11.9. The van der Waals surface area contributed by atoms with Crippen LogP contribution in [0, 0.1) is 13.8 Å². The number of aryl methyl sites for hydroxylation is 2. The van der Waals surface area contributed by atoms with E-state index >= 15 is 0 Å². The monoisotopic (exact) mass is 800 g/mol. The molecule has 9 rings (SSSR count). The first kappa shape index (κ1) is 42.5. The Morgan fingerprint density at radius 3 is 1.69 bits per heavy atom. The van der Waals surface area contributed by atoms with Crippen molar-refractivity contribution < 1.29 is 44.3 Å². The molecular weight excluding hydrogens is 749 g/mol. The molecule has 0 spiro atoms. The number of aromatic hydroxyl groups is 3. The first-order chi connectivity index (χ1) is 28.6. The third-order valence-corrected chi connectivity index (χ3v) is 11.9. The minimum absolute atomic E-state index is 0.0354. The molecule has 2 fully saturated rings. The number of ether oxygens (including phenoxy) is 1. The summed E-state index contributed by atoms with van der Waals surface area (Å²) in [6.45, 7) is 6.23. The van der Waals surface area contributed by atoms with Crippen LogP contribution in [-0.2, 0) is 32.3 Å². The van der Waals surface area contributed by atoms with E-state index < -0.39 is 0 Å². The fraction of sp³-hybridized carbons (Fsp3) is 0.375. The lowest BCUT2D eigenvalue weighted by Gasteiger charge is -2.24. The van der Waals surface area contributed by atoms with E-state index in [-0.39, 0.29) is 36.2 Å². The van der Waals surface area contributed by atoms with Crippen molar-refractivity contribution in [2.45, 2.75) is 103 Å². The van der Waals surface area contributed by atoms with Crippen LogP contribution in [0.25, 0.3) is 44.3 Å². The van der Waals surface area contributed by atoms with E-state index in [2.05, 4.69) is 59.4 Å². The van der Waals surface area contributed by atoms with Gasteiger partial charge in [0.2, 0.25) is 0 Å². The van der Waals surface area contributed by atoms with Crippen molar-refractivity contribution in [1.82, 2.24) is 9.13 Å². The lowest BCUT2D eigenvalue weighted by molar-refractivity contribution is -0.193. The van der Waals surface area contributed by atoms with Gasteiger partial charge in [-0.05, 0) is 110 Å². The quantitative estimate of drug-likeness (QED) is 0.133. The number of carbonyl (C=O) groups excluding carboxylic acids is 4. The number of aliphatic hydroxyl groups excluding tert-OH is 1. The Kier molecular flexibility index (Phi) is 14.1. The van der Waals surface area contributed by atoms with Gasteiger partial charge in [-0.3, -0.25) is 0 Å². The van der Waals surface area contributed by atoms with Gasteiger partial charge in [0.25, 0.3) is 0 Å². The highest BCUT2D eigenvalue weighted by atomic mass is 16.5. The molecule has 6 aromatic rings. The number of hydrogen-bond acceptors (Lipinski definition) is 9. The van der Waals surface area contributed by atoms with Gasteiger partial charge >= 0.3 is 12.3 Å². The van der Waals surface area contributed by atoms with Crippen molar-refractivity contribution in [2.24, 2.45) is 0 Å². The number of benzene rings is 4. The molecule has 0 amide bonds. The number of rotatable bonds is 5. The molecule has 3 heterocycles. The molecule has 4 aromatic carbocycles. The molecule has 2 aromatic heterocycles. The lowest BCUT2D eigenvalue weighted by Crippen LogP contribution is -2.08. The Morgan fingerprint density at radius 2 is 1.14 bits per heavy atom. The number of aromatic nitrogens is 2. The van der Waals surface area contributed by atoms with Gasteiger partial charge in [0.05, 0.1) is 24.5 Å². The molecule has 4 N–H and O–H groups in total. The van der Waals surface area contributed by atoms with Crippen molar-refractivity contribution in [3.05, 3.63) is 95.1 Å². The fourth-order valence-corrected chi connectivity index (χ4v) is 9.52. The van der Waals surface area contributed by atoms with Crippen molar-refractivity contribution in [3.63, 3.8) is 0 Å². The van der Waals surface area contributed by atoms with Gasteiger partial charge in [0.15, 0.2) is 0 Å². The van der Waals surface area contributed by atoms with Crippen LogP contribution in [0.2, 0.25) is 0 Å². The second-order valence-electron chi connectivity index (χ2n) is 15.7. The summed E-state index contributed by atoms with van der Waals surface area (Å²) in [7, 11) is 0. The van der Waals surface area contributed by atoms with Gasteiger partial charge in [0.1, 0.15) is 29.6 Å². The smallest absolute Gasteiger partial charge is 0.373 e. The van der Waals surface area contributed by atoms with E-state index in [9.17, 15) is 20.4 Å². The Hall–Kier alpha value is -6.12. The number of phenolic OH excluding ortho intramolecular Hbond substituents is 3. The molecule has 0 radical (unpaired) electrons. The topological polar surface area (TPSA) is 168 Å². The Labute approximate surface area is 343 Å². The maximum Gasteiger partial charge on any atom is 0.373 e. The Balaban J connectivity index is 0.000000175. The summed E-state index contributed by atoms with van der Waals surface area (Å²) in [5.74, 6) is 2.27. The predicted octanol–water partition coefficient (Wildman–Crippen LogP) is 9.66. The average molecular weight is 801 g/mol. The number of nitrogens with zero attached hydrogens (tertiary/aromatic N) is 2. The molecular formula is C48H52N2O9. The standard InChI is InChI=1S/C23H27NO3.C23H25NO2.2CO2/c1-15-7-9-18-20(13-15)24(11-12-25)23(19-10-8-17(26)14-21(19)27)22(18)16-5-3-2-4-6-16;1-15-7-9-18-20(13-15)24-11-12-26-21-14-17(25)8-10-19(21)23(24)22(18)16-5-3-2-4-6-16;2*2-1-3/h7-10,13-14,16,25-27H,2-6,11-12H2,1H3;7-10,13-14,16,25H,2-6,11-12H2,1H3;;. The van der Waals surface area contributed by atoms with Crippen molar-refractivity contribution in [2.75, 3.05) is 13.2 Å². The van der Waals surface area contributed by atoms with Gasteiger partial charge in [-0.25, -0.2) is 0 Å². The SMILES string of the molecule is Cc1ccc2c(C3CCCCC3)c(-c3ccc(O)cc3O)n(CCO)c2c1.Cc1ccc2c(C3CCCCC3)c3n(c2c1)CCOc1cc(O)ccc1-3.O=C=O.O=C=O. The zero-order valence-corrected chi connectivity index (χ0v) is 33.7. The van der Waals surface area contributed by atoms with Crippen LogP contribution >= 0.6 is 0 Å². The molecule has 0 saturated heterocycles. The van der Waals surface area contributed by atoms with Crippen molar-refractivity contribution >= 4 is 34.1 Å². The zero-order valence-electron chi connectivity index (χ0n) is 33.7. The Bertz CT molecular complexity index is 2460. The van der Waals surface area contributed by atoms with Gasteiger partial charge < -0.3 is 34.3 Å². The van der Waals surface area contributed by atoms with Gasteiger partial charge in [-0.15, -0.1) is 0 Å². The molecule has 1 aliphatic heterocycles. The molecule has 59 heavy (non-hydrogen) atoms. The van der Waals surface area contributed by atoms with Crippen LogP contribution in [-0.4, -0.2) is 55.1 Å². The summed E-state index contributed by atoms with van der Waals surface area (Å²) < 4.78 is 10.6. The summed E-state index contributed by atoms with van der Waals surface area (Å²) in [5, 5.41) is 42.6. The van der Waals surface area contributed by atoms with E-state index in [0.717, 1.165) is 47.5 Å². The van der Waals surface area contributed by atoms with Gasteiger partial charge in [-0.1, -0.05) is 62.8 Å². The maximum absolute atomic E-state index is 10.6. The Morgan fingerprint density at radius 1 is 0.627 bits per heavy atom. The first-order valence-corrected chi connectivity index (χ1v) is 20.5. The minimum atomic E-state index is 0.0354. The zero-order chi connectivity index (χ0) is 42.1. The van der Waals surface area contributed by atoms with Crippen LogP contribution in [0.5, 0.6) is 23.0 Å². The van der Waals surface area contributed by atoms with E-state index in [1.54, 1.807) is 24.3 Å². The highest BCUT2D eigenvalue weighted by molar-refractivity contribution is 5.95. The average Bonchev–Trinajstić information content (AvgIpc) is 3.63. The van der Waals surface area contributed by atoms with Crippen molar-refractivity contribution in [1.29, 1.82) is 0 Å². The van der Waals surface area contributed by atoms with Crippen LogP contribution in [0.15, 0.2) is 72.8 Å². The molecule has 11 nitrogen and oxygen atoms in total. The van der Waals surface area contributed by atoms with Crippen LogP contribution in [0.3, 0.4) is 0 Å². The molecule has 308 valence electrons. The molecule has 2 aliphatic carbocycles. The fourth-order valence-electron chi connectivity index (χ4n) is 9.52. The summed E-state index contributed by atoms with van der Waals surface area (Å²) in [6.07, 6.45) is 13.1. The molecule has 2 saturated carbocycles. The van der Waals surface area contributed by atoms with Crippen LogP contribution in [0.1, 0.15) is 98.3 Å². The molecule has 0 atom stereocenters. The highest BCUT2D eigenvalue weighted by Gasteiger charge is 2.30. The number of aliphatic hydroxyl groups is 1. The van der Waals surface area contributed by atoms with Gasteiger partial charge in [0, 0.05) is 51.6 Å². The normalized spacial score (nSPS) is 15.0. The van der Waals surface area contributed by atoms with Crippen molar-refractivity contribution in [3.8, 4) is 45.5 Å². The molecule has 0 bridgehead atoms. The number of phenols is 3. The number of fused-ring (bicyclic) bond motifs is 6. The minimum Gasteiger partial charge on any atom is -0.508 e. The lowest BCUT2D eigenvalue weighted by atomic mass is 9.81. The van der Waals surface area contributed by atoms with E-state index in [1.807, 2.05) is 6.07 Å². The molecule has 11 heteroatoms.